The molecule has 2 aromatic carbocycles. The lowest BCUT2D eigenvalue weighted by Crippen LogP contribution is -2.00. The van der Waals surface area contributed by atoms with Crippen LogP contribution < -0.4 is 4.74 Å². The van der Waals surface area contributed by atoms with Gasteiger partial charge in [-0.3, -0.25) is 4.79 Å². The van der Waals surface area contributed by atoms with Crippen LogP contribution in [-0.2, 0) is 0 Å². The Kier molecular flexibility index (Phi) is 3.42. The van der Waals surface area contributed by atoms with Gasteiger partial charge in [-0.15, -0.1) is 0 Å². The van der Waals surface area contributed by atoms with Gasteiger partial charge in [0.25, 0.3) is 0 Å². The highest BCUT2D eigenvalue weighted by molar-refractivity contribution is 5.81. The highest BCUT2D eigenvalue weighted by atomic mass is 16.5. The maximum atomic E-state index is 11.2. The summed E-state index contributed by atoms with van der Waals surface area (Å²) in [6.07, 6.45) is 5.14. The van der Waals surface area contributed by atoms with Crippen LogP contribution in [0.1, 0.15) is 23.2 Å². The topological polar surface area (TPSA) is 44.1 Å². The molecule has 0 N–H and O–H groups in total. The van der Waals surface area contributed by atoms with Gasteiger partial charge >= 0.3 is 0 Å². The smallest absolute Gasteiger partial charge is 0.153 e. The van der Waals surface area contributed by atoms with Crippen molar-refractivity contribution in [2.24, 2.45) is 0 Å². The molecule has 1 heterocycles. The molecule has 0 spiro atoms. The van der Waals surface area contributed by atoms with Crippen LogP contribution >= 0.6 is 0 Å². The molecule has 3 aromatic rings. The van der Waals surface area contributed by atoms with Crippen molar-refractivity contribution in [2.45, 2.75) is 18.9 Å². The van der Waals surface area contributed by atoms with Crippen molar-refractivity contribution in [2.75, 3.05) is 0 Å². The molecule has 1 aromatic heterocycles. The summed E-state index contributed by atoms with van der Waals surface area (Å²) >= 11 is 0. The summed E-state index contributed by atoms with van der Waals surface area (Å²) in [5.74, 6) is 0.647. The van der Waals surface area contributed by atoms with Crippen molar-refractivity contribution >= 4 is 6.29 Å². The summed E-state index contributed by atoms with van der Waals surface area (Å²) in [5.41, 5.74) is 3.40. The van der Waals surface area contributed by atoms with Gasteiger partial charge in [0.1, 0.15) is 5.75 Å². The number of hydrogen-bond acceptors (Lipinski definition) is 3. The first kappa shape index (κ1) is 13.8. The predicted octanol–water partition coefficient (Wildman–Crippen LogP) is 3.89. The van der Waals surface area contributed by atoms with Gasteiger partial charge in [0, 0.05) is 11.8 Å². The maximum Gasteiger partial charge on any atom is 0.153 e. The van der Waals surface area contributed by atoms with E-state index in [1.807, 2.05) is 59.4 Å². The molecule has 4 rings (SSSR count). The van der Waals surface area contributed by atoms with Gasteiger partial charge < -0.3 is 4.74 Å². The van der Waals surface area contributed by atoms with Crippen molar-refractivity contribution in [1.82, 2.24) is 9.78 Å². The van der Waals surface area contributed by atoms with E-state index in [0.717, 1.165) is 36.1 Å². The third-order valence-electron chi connectivity index (χ3n) is 3.86. The second kappa shape index (κ2) is 5.72. The first-order valence-corrected chi connectivity index (χ1v) is 7.71. The van der Waals surface area contributed by atoms with Crippen LogP contribution in [0.3, 0.4) is 0 Å². The molecule has 1 saturated carbocycles. The molecule has 0 unspecified atom stereocenters. The van der Waals surface area contributed by atoms with Gasteiger partial charge in [0.2, 0.25) is 0 Å². The standard InChI is InChI=1S/C19H16N2O2/c22-13-15-7-6-14(12-19(15)23-17-8-9-17)18-10-11-21(20-18)16-4-2-1-3-5-16/h1-7,10-13,17H,8-9H2. The summed E-state index contributed by atoms with van der Waals surface area (Å²) in [4.78, 5) is 11.2. The Morgan fingerprint density at radius 3 is 2.65 bits per heavy atom. The fourth-order valence-electron chi connectivity index (χ4n) is 2.46. The van der Waals surface area contributed by atoms with Gasteiger partial charge in [0.15, 0.2) is 6.29 Å². The number of ether oxygens (including phenoxy) is 1. The van der Waals surface area contributed by atoms with Crippen molar-refractivity contribution in [3.63, 3.8) is 0 Å². The Morgan fingerprint density at radius 2 is 1.91 bits per heavy atom. The number of aldehydes is 1. The zero-order valence-corrected chi connectivity index (χ0v) is 12.6. The Bertz CT molecular complexity index is 836. The van der Waals surface area contributed by atoms with E-state index in [4.69, 9.17) is 4.74 Å². The van der Waals surface area contributed by atoms with Crippen LogP contribution in [0.4, 0.5) is 0 Å². The Labute approximate surface area is 134 Å². The van der Waals surface area contributed by atoms with E-state index in [1.165, 1.54) is 0 Å². The normalized spacial score (nSPS) is 13.7. The minimum absolute atomic E-state index is 0.255. The molecule has 0 radical (unpaired) electrons. The zero-order valence-electron chi connectivity index (χ0n) is 12.6. The van der Waals surface area contributed by atoms with E-state index in [2.05, 4.69) is 5.10 Å². The molecule has 0 amide bonds. The minimum atomic E-state index is 0.255. The molecule has 23 heavy (non-hydrogen) atoms. The predicted molar refractivity (Wildman–Crippen MR) is 88.0 cm³/mol. The monoisotopic (exact) mass is 304 g/mol. The van der Waals surface area contributed by atoms with E-state index in [0.29, 0.717) is 11.3 Å². The average Bonchev–Trinajstić information content (AvgIpc) is 3.27. The number of rotatable bonds is 5. The Balaban J connectivity index is 1.67. The van der Waals surface area contributed by atoms with Crippen LogP contribution in [-0.4, -0.2) is 22.2 Å². The van der Waals surface area contributed by atoms with E-state index in [9.17, 15) is 4.79 Å². The van der Waals surface area contributed by atoms with Crippen molar-refractivity contribution in [1.29, 1.82) is 0 Å². The van der Waals surface area contributed by atoms with Gasteiger partial charge in [-0.05, 0) is 43.2 Å². The van der Waals surface area contributed by atoms with Crippen molar-refractivity contribution < 1.29 is 9.53 Å². The van der Waals surface area contributed by atoms with Crippen molar-refractivity contribution in [3.8, 4) is 22.7 Å². The van der Waals surface area contributed by atoms with Crippen LogP contribution in [0.5, 0.6) is 5.75 Å². The summed E-state index contributed by atoms with van der Waals surface area (Å²) in [6.45, 7) is 0. The largest absolute Gasteiger partial charge is 0.490 e. The van der Waals surface area contributed by atoms with Crippen LogP contribution in [0.2, 0.25) is 0 Å². The zero-order chi connectivity index (χ0) is 15.6. The molecule has 4 nitrogen and oxygen atoms in total. The second-order valence-corrected chi connectivity index (χ2v) is 5.67. The van der Waals surface area contributed by atoms with Crippen LogP contribution in [0.25, 0.3) is 16.9 Å². The van der Waals surface area contributed by atoms with Crippen LogP contribution in [0.15, 0.2) is 60.8 Å². The van der Waals surface area contributed by atoms with Gasteiger partial charge in [-0.2, -0.15) is 5.10 Å². The van der Waals surface area contributed by atoms with Gasteiger partial charge in [0.05, 0.1) is 23.0 Å². The first-order chi connectivity index (χ1) is 11.3. The fourth-order valence-corrected chi connectivity index (χ4v) is 2.46. The first-order valence-electron chi connectivity index (χ1n) is 7.71. The number of aromatic nitrogens is 2. The molecule has 1 aliphatic carbocycles. The third-order valence-corrected chi connectivity index (χ3v) is 3.86. The van der Waals surface area contributed by atoms with Crippen molar-refractivity contribution in [3.05, 3.63) is 66.4 Å². The highest BCUT2D eigenvalue weighted by Gasteiger charge is 2.24. The number of carbonyl (C=O) groups is 1. The van der Waals surface area contributed by atoms with Crippen LogP contribution in [0, 0.1) is 0 Å². The fraction of sp³-hybridized carbons (Fsp3) is 0.158. The molecule has 114 valence electrons. The lowest BCUT2D eigenvalue weighted by molar-refractivity contribution is 0.111. The second-order valence-electron chi connectivity index (χ2n) is 5.67. The number of carbonyl (C=O) groups excluding carboxylic acids is 1. The maximum absolute atomic E-state index is 11.2. The lowest BCUT2D eigenvalue weighted by Gasteiger charge is -2.08. The molecular weight excluding hydrogens is 288 g/mol. The SMILES string of the molecule is O=Cc1ccc(-c2ccn(-c3ccccc3)n2)cc1OC1CC1. The van der Waals surface area contributed by atoms with Gasteiger partial charge in [-0.25, -0.2) is 4.68 Å². The summed E-state index contributed by atoms with van der Waals surface area (Å²) in [6, 6.07) is 17.5. The molecule has 1 fully saturated rings. The molecule has 1 aliphatic rings. The number of hydrogen-bond donors (Lipinski definition) is 0. The van der Waals surface area contributed by atoms with E-state index >= 15 is 0 Å². The number of para-hydroxylation sites is 1. The molecule has 0 atom stereocenters. The summed E-state index contributed by atoms with van der Waals surface area (Å²) in [5, 5.41) is 4.61. The summed E-state index contributed by atoms with van der Waals surface area (Å²) < 4.78 is 7.67. The molecule has 4 heteroatoms. The molecular formula is C19H16N2O2. The molecule has 0 aliphatic heterocycles. The Morgan fingerprint density at radius 1 is 1.09 bits per heavy atom. The quantitative estimate of drug-likeness (QED) is 0.672. The van der Waals surface area contributed by atoms with E-state index < -0.39 is 0 Å². The van der Waals surface area contributed by atoms with E-state index in [-0.39, 0.29) is 6.10 Å². The number of benzene rings is 2. The summed E-state index contributed by atoms with van der Waals surface area (Å²) in [7, 11) is 0. The lowest BCUT2D eigenvalue weighted by atomic mass is 10.1. The average molecular weight is 304 g/mol. The Hall–Kier alpha value is -2.88. The third kappa shape index (κ3) is 2.88. The van der Waals surface area contributed by atoms with Gasteiger partial charge in [-0.1, -0.05) is 24.3 Å². The number of nitrogens with zero attached hydrogens (tertiary/aromatic N) is 2. The minimum Gasteiger partial charge on any atom is -0.490 e. The molecule has 0 bridgehead atoms. The molecule has 0 saturated heterocycles. The van der Waals surface area contributed by atoms with E-state index in [1.54, 1.807) is 6.07 Å². The highest BCUT2D eigenvalue weighted by Crippen LogP contribution is 2.31.